The van der Waals surface area contributed by atoms with E-state index in [1.54, 1.807) is 5.51 Å². The Kier molecular flexibility index (Phi) is 5.18. The Balaban J connectivity index is 1.65. The third-order valence-corrected chi connectivity index (χ3v) is 4.24. The fraction of sp³-hybridized carbons (Fsp3) is 0.429. The SMILES string of the molecule is O=C(N[C@@H]1COCC[C@@H]1OCc1cscn1)c1c[nH]c(=O)[nH]c1=O. The first kappa shape index (κ1) is 16.6. The first-order valence-corrected chi connectivity index (χ1v) is 8.27. The number of hydrogen-bond acceptors (Lipinski definition) is 7. The molecule has 10 heteroatoms. The summed E-state index contributed by atoms with van der Waals surface area (Å²) in [7, 11) is 0. The van der Waals surface area contributed by atoms with Crippen molar-refractivity contribution >= 4 is 17.2 Å². The second kappa shape index (κ2) is 7.51. The van der Waals surface area contributed by atoms with E-state index < -0.39 is 23.2 Å². The number of ether oxygens (including phenoxy) is 2. The number of H-pyrrole nitrogens is 2. The maximum absolute atomic E-state index is 12.2. The summed E-state index contributed by atoms with van der Waals surface area (Å²) >= 11 is 1.48. The van der Waals surface area contributed by atoms with Gasteiger partial charge in [0, 0.05) is 18.2 Å². The van der Waals surface area contributed by atoms with Crippen molar-refractivity contribution in [2.45, 2.75) is 25.2 Å². The molecule has 1 fully saturated rings. The molecule has 1 amide bonds. The summed E-state index contributed by atoms with van der Waals surface area (Å²) in [4.78, 5) is 43.4. The van der Waals surface area contributed by atoms with Crippen molar-refractivity contribution in [2.24, 2.45) is 0 Å². The fourth-order valence-electron chi connectivity index (χ4n) is 2.38. The summed E-state index contributed by atoms with van der Waals surface area (Å²) in [5.74, 6) is -0.592. The Morgan fingerprint density at radius 1 is 1.50 bits per heavy atom. The zero-order valence-electron chi connectivity index (χ0n) is 12.6. The van der Waals surface area contributed by atoms with Gasteiger partial charge in [0.15, 0.2) is 0 Å². The topological polar surface area (TPSA) is 126 Å². The molecular weight excluding hydrogens is 336 g/mol. The molecule has 0 aromatic carbocycles. The van der Waals surface area contributed by atoms with Crippen molar-refractivity contribution in [1.82, 2.24) is 20.3 Å². The predicted octanol–water partition coefficient (Wildman–Crippen LogP) is -0.376. The molecule has 0 spiro atoms. The number of rotatable bonds is 5. The number of carbonyl (C=O) groups is 1. The van der Waals surface area contributed by atoms with E-state index >= 15 is 0 Å². The van der Waals surface area contributed by atoms with Crippen LogP contribution >= 0.6 is 11.3 Å². The Morgan fingerprint density at radius 2 is 2.38 bits per heavy atom. The first-order chi connectivity index (χ1) is 11.6. The molecule has 2 aromatic rings. The highest BCUT2D eigenvalue weighted by atomic mass is 32.1. The molecule has 0 saturated carbocycles. The lowest BCUT2D eigenvalue weighted by Crippen LogP contribution is -2.51. The first-order valence-electron chi connectivity index (χ1n) is 7.33. The quantitative estimate of drug-likeness (QED) is 0.674. The molecule has 2 aromatic heterocycles. The number of carbonyl (C=O) groups excluding carboxylic acids is 1. The van der Waals surface area contributed by atoms with E-state index in [1.165, 1.54) is 11.3 Å². The lowest BCUT2D eigenvalue weighted by molar-refractivity contribution is -0.0612. The van der Waals surface area contributed by atoms with Crippen LogP contribution in [0.2, 0.25) is 0 Å². The van der Waals surface area contributed by atoms with Crippen LogP contribution < -0.4 is 16.6 Å². The Bertz CT molecular complexity index is 800. The van der Waals surface area contributed by atoms with Crippen LogP contribution in [0.25, 0.3) is 0 Å². The van der Waals surface area contributed by atoms with Gasteiger partial charge in [0.05, 0.1) is 36.6 Å². The molecule has 3 heterocycles. The number of nitrogens with zero attached hydrogens (tertiary/aromatic N) is 1. The third kappa shape index (κ3) is 3.96. The molecule has 2 atom stereocenters. The average molecular weight is 352 g/mol. The maximum Gasteiger partial charge on any atom is 0.325 e. The highest BCUT2D eigenvalue weighted by Crippen LogP contribution is 2.15. The van der Waals surface area contributed by atoms with Crippen molar-refractivity contribution < 1.29 is 14.3 Å². The maximum atomic E-state index is 12.2. The van der Waals surface area contributed by atoms with E-state index in [0.717, 1.165) is 11.9 Å². The monoisotopic (exact) mass is 352 g/mol. The minimum Gasteiger partial charge on any atom is -0.379 e. The van der Waals surface area contributed by atoms with Crippen LogP contribution in [0.1, 0.15) is 22.5 Å². The third-order valence-electron chi connectivity index (χ3n) is 3.60. The van der Waals surface area contributed by atoms with Gasteiger partial charge in [-0.15, -0.1) is 11.3 Å². The molecule has 128 valence electrons. The molecule has 1 saturated heterocycles. The van der Waals surface area contributed by atoms with E-state index in [1.807, 2.05) is 10.4 Å². The van der Waals surface area contributed by atoms with Crippen LogP contribution in [0, 0.1) is 0 Å². The average Bonchev–Trinajstić information content (AvgIpc) is 3.07. The summed E-state index contributed by atoms with van der Waals surface area (Å²) in [5, 5.41) is 4.62. The second-order valence-corrected chi connectivity index (χ2v) is 5.98. The highest BCUT2D eigenvalue weighted by molar-refractivity contribution is 7.07. The Hall–Kier alpha value is -2.30. The molecule has 1 aliphatic heterocycles. The summed E-state index contributed by atoms with van der Waals surface area (Å²) < 4.78 is 11.2. The predicted molar refractivity (Wildman–Crippen MR) is 85.1 cm³/mol. The van der Waals surface area contributed by atoms with Gasteiger partial charge in [0.1, 0.15) is 5.56 Å². The molecule has 3 rings (SSSR count). The standard InChI is InChI=1S/C14H16N4O5S/c19-12(9-3-15-14(21)18-13(9)20)17-10-5-22-2-1-11(10)23-4-8-6-24-7-16-8/h3,6-7,10-11H,1-2,4-5H2,(H,17,19)(H2,15,18,20,21)/t10-,11+/m1/s1. The molecule has 1 aliphatic rings. The van der Waals surface area contributed by atoms with Crippen molar-refractivity contribution in [1.29, 1.82) is 0 Å². The summed E-state index contributed by atoms with van der Waals surface area (Å²) in [6, 6.07) is -0.392. The minimum atomic E-state index is -0.743. The van der Waals surface area contributed by atoms with Gasteiger partial charge in [0.25, 0.3) is 11.5 Å². The summed E-state index contributed by atoms with van der Waals surface area (Å²) in [6.45, 7) is 1.17. The van der Waals surface area contributed by atoms with Gasteiger partial charge in [-0.05, 0) is 6.42 Å². The van der Waals surface area contributed by atoms with E-state index in [4.69, 9.17) is 9.47 Å². The number of aromatic nitrogens is 3. The zero-order chi connectivity index (χ0) is 16.9. The van der Waals surface area contributed by atoms with E-state index in [2.05, 4.69) is 15.3 Å². The summed E-state index contributed by atoms with van der Waals surface area (Å²) in [6.07, 6.45) is 1.47. The molecule has 0 aliphatic carbocycles. The van der Waals surface area contributed by atoms with Crippen LogP contribution in [0.5, 0.6) is 0 Å². The summed E-state index contributed by atoms with van der Waals surface area (Å²) in [5.41, 5.74) is 0.978. The van der Waals surface area contributed by atoms with Crippen LogP contribution in [0.3, 0.4) is 0 Å². The number of aromatic amines is 2. The molecule has 24 heavy (non-hydrogen) atoms. The molecule has 3 N–H and O–H groups in total. The van der Waals surface area contributed by atoms with E-state index in [-0.39, 0.29) is 18.3 Å². The second-order valence-electron chi connectivity index (χ2n) is 5.26. The van der Waals surface area contributed by atoms with Crippen LogP contribution in [0.15, 0.2) is 26.7 Å². The fourth-order valence-corrected chi connectivity index (χ4v) is 2.92. The molecule has 9 nitrogen and oxygen atoms in total. The van der Waals surface area contributed by atoms with Crippen molar-refractivity contribution in [2.75, 3.05) is 13.2 Å². The lowest BCUT2D eigenvalue weighted by Gasteiger charge is -2.31. The van der Waals surface area contributed by atoms with E-state index in [9.17, 15) is 14.4 Å². The van der Waals surface area contributed by atoms with Crippen LogP contribution in [-0.2, 0) is 16.1 Å². The van der Waals surface area contributed by atoms with Crippen molar-refractivity contribution in [3.63, 3.8) is 0 Å². The lowest BCUT2D eigenvalue weighted by atomic mass is 10.1. The Morgan fingerprint density at radius 3 is 3.12 bits per heavy atom. The molecule has 0 radical (unpaired) electrons. The minimum absolute atomic E-state index is 0.168. The van der Waals surface area contributed by atoms with Gasteiger partial charge in [0.2, 0.25) is 0 Å². The van der Waals surface area contributed by atoms with Gasteiger partial charge in [-0.1, -0.05) is 0 Å². The van der Waals surface area contributed by atoms with Crippen molar-refractivity contribution in [3.05, 3.63) is 49.2 Å². The number of thiazole rings is 1. The molecular formula is C14H16N4O5S. The van der Waals surface area contributed by atoms with Crippen molar-refractivity contribution in [3.8, 4) is 0 Å². The molecule has 0 bridgehead atoms. The van der Waals surface area contributed by atoms with Crippen LogP contribution in [-0.4, -0.2) is 46.2 Å². The zero-order valence-corrected chi connectivity index (χ0v) is 13.4. The Labute approximate surface area is 140 Å². The van der Waals surface area contributed by atoms with Gasteiger partial charge in [-0.25, -0.2) is 9.78 Å². The van der Waals surface area contributed by atoms with Gasteiger partial charge in [-0.3, -0.25) is 14.6 Å². The van der Waals surface area contributed by atoms with Gasteiger partial charge < -0.3 is 19.8 Å². The number of hydrogen-bond donors (Lipinski definition) is 3. The van der Waals surface area contributed by atoms with Gasteiger partial charge in [-0.2, -0.15) is 0 Å². The van der Waals surface area contributed by atoms with Gasteiger partial charge >= 0.3 is 5.69 Å². The number of nitrogens with one attached hydrogen (secondary N) is 3. The normalized spacial score (nSPS) is 20.7. The smallest absolute Gasteiger partial charge is 0.325 e. The highest BCUT2D eigenvalue weighted by Gasteiger charge is 2.29. The molecule has 0 unspecified atom stereocenters. The van der Waals surface area contributed by atoms with E-state index in [0.29, 0.717) is 19.6 Å². The number of amides is 1. The van der Waals surface area contributed by atoms with Crippen LogP contribution in [0.4, 0.5) is 0 Å². The largest absolute Gasteiger partial charge is 0.379 e.